The number of allylic oxidation sites excluding steroid dienone is 1. The van der Waals surface area contributed by atoms with Crippen molar-refractivity contribution in [3.63, 3.8) is 0 Å². The molecule has 1 atom stereocenters. The smallest absolute Gasteiger partial charge is 0.255 e. The van der Waals surface area contributed by atoms with Crippen LogP contribution in [-0.2, 0) is 4.79 Å². The van der Waals surface area contributed by atoms with E-state index in [0.29, 0.717) is 27.8 Å². The van der Waals surface area contributed by atoms with Gasteiger partial charge in [-0.15, -0.1) is 0 Å². The molecule has 0 bridgehead atoms. The molecule has 7 heteroatoms. The number of aryl methyl sites for hydroxylation is 1. The fraction of sp³-hybridized carbons (Fsp3) is 0.154. The van der Waals surface area contributed by atoms with E-state index in [9.17, 15) is 9.18 Å². The minimum Gasteiger partial charge on any atom is -0.495 e. The van der Waals surface area contributed by atoms with Crippen LogP contribution in [0.25, 0.3) is 0 Å². The number of anilines is 2. The molecule has 0 fully saturated rings. The number of para-hydroxylation sites is 2. The standard InChI is InChI=1S/C26H24FN3O2S/c1-16-8-14-20(15-9-16)30-17(2)23(25(31)28-21-6-4-5-7-22(21)32-3)24(29-26(30)33)18-10-12-19(27)13-11-18/h4-15,24H,1-3H3,(H,28,31)(H,29,33). The van der Waals surface area contributed by atoms with Crippen LogP contribution in [0.15, 0.2) is 84.1 Å². The zero-order chi connectivity index (χ0) is 23.5. The average molecular weight is 462 g/mol. The van der Waals surface area contributed by atoms with Crippen LogP contribution in [0.1, 0.15) is 24.1 Å². The first-order valence-electron chi connectivity index (χ1n) is 10.5. The van der Waals surface area contributed by atoms with E-state index in [1.807, 2.05) is 55.1 Å². The van der Waals surface area contributed by atoms with Crippen LogP contribution in [0.3, 0.4) is 0 Å². The molecule has 0 saturated carbocycles. The summed E-state index contributed by atoms with van der Waals surface area (Å²) in [6.45, 7) is 3.87. The second kappa shape index (κ2) is 9.42. The largest absolute Gasteiger partial charge is 0.495 e. The molecule has 4 rings (SSSR count). The first-order chi connectivity index (χ1) is 15.9. The van der Waals surface area contributed by atoms with Gasteiger partial charge in [0.25, 0.3) is 5.91 Å². The number of carbonyl (C=O) groups is 1. The maximum atomic E-state index is 13.6. The van der Waals surface area contributed by atoms with Crippen molar-refractivity contribution in [2.24, 2.45) is 0 Å². The molecule has 0 spiro atoms. The minimum atomic E-state index is -0.547. The van der Waals surface area contributed by atoms with Crippen LogP contribution in [0.5, 0.6) is 5.75 Å². The Hall–Kier alpha value is -3.71. The van der Waals surface area contributed by atoms with E-state index >= 15 is 0 Å². The molecule has 2 N–H and O–H groups in total. The predicted molar refractivity (Wildman–Crippen MR) is 133 cm³/mol. The van der Waals surface area contributed by atoms with E-state index in [1.54, 1.807) is 31.4 Å². The quantitative estimate of drug-likeness (QED) is 0.492. The molecule has 0 aromatic heterocycles. The van der Waals surface area contributed by atoms with Gasteiger partial charge in [-0.2, -0.15) is 0 Å². The number of hydrogen-bond acceptors (Lipinski definition) is 3. The van der Waals surface area contributed by atoms with Crippen LogP contribution in [0.2, 0.25) is 0 Å². The van der Waals surface area contributed by atoms with E-state index < -0.39 is 6.04 Å². The number of ether oxygens (including phenoxy) is 1. The Morgan fingerprint density at radius 1 is 1.03 bits per heavy atom. The number of hydrogen-bond donors (Lipinski definition) is 2. The van der Waals surface area contributed by atoms with Crippen LogP contribution < -0.4 is 20.3 Å². The van der Waals surface area contributed by atoms with E-state index in [4.69, 9.17) is 17.0 Å². The van der Waals surface area contributed by atoms with Crippen molar-refractivity contribution in [3.8, 4) is 5.75 Å². The van der Waals surface area contributed by atoms with Crippen molar-refractivity contribution in [1.29, 1.82) is 0 Å². The summed E-state index contributed by atoms with van der Waals surface area (Å²) in [6.07, 6.45) is 0. The molecule has 168 valence electrons. The van der Waals surface area contributed by atoms with Crippen molar-refractivity contribution in [2.75, 3.05) is 17.3 Å². The highest BCUT2D eigenvalue weighted by atomic mass is 32.1. The normalized spacial score (nSPS) is 15.8. The fourth-order valence-corrected chi connectivity index (χ4v) is 4.24. The SMILES string of the molecule is COc1ccccc1NC(=O)C1=C(C)N(c2ccc(C)cc2)C(=S)NC1c1ccc(F)cc1. The third-order valence-electron chi connectivity index (χ3n) is 5.58. The molecule has 1 heterocycles. The summed E-state index contributed by atoms with van der Waals surface area (Å²) in [6, 6.07) is 20.6. The summed E-state index contributed by atoms with van der Waals surface area (Å²) >= 11 is 5.69. The number of methoxy groups -OCH3 is 1. The number of nitrogens with one attached hydrogen (secondary N) is 2. The van der Waals surface area contributed by atoms with E-state index in [-0.39, 0.29) is 11.7 Å². The highest BCUT2D eigenvalue weighted by molar-refractivity contribution is 7.80. The number of amides is 1. The Morgan fingerprint density at radius 3 is 2.36 bits per heavy atom. The van der Waals surface area contributed by atoms with Gasteiger partial charge in [-0.1, -0.05) is 42.0 Å². The van der Waals surface area contributed by atoms with Gasteiger partial charge in [-0.3, -0.25) is 9.69 Å². The Kier molecular flexibility index (Phi) is 6.42. The van der Waals surface area contributed by atoms with E-state index in [0.717, 1.165) is 16.8 Å². The predicted octanol–water partition coefficient (Wildman–Crippen LogP) is 5.49. The molecule has 5 nitrogen and oxygen atoms in total. The van der Waals surface area contributed by atoms with Gasteiger partial charge in [-0.25, -0.2) is 4.39 Å². The average Bonchev–Trinajstić information content (AvgIpc) is 2.80. The molecule has 3 aromatic carbocycles. The van der Waals surface area contributed by atoms with Gasteiger partial charge in [0.2, 0.25) is 0 Å². The van der Waals surface area contributed by atoms with Crippen LogP contribution >= 0.6 is 12.2 Å². The number of halogens is 1. The summed E-state index contributed by atoms with van der Waals surface area (Å²) in [7, 11) is 1.55. The van der Waals surface area contributed by atoms with Gasteiger partial charge in [-0.05, 0) is 68.0 Å². The van der Waals surface area contributed by atoms with Crippen LogP contribution in [0, 0.1) is 12.7 Å². The van der Waals surface area contributed by atoms with E-state index in [1.165, 1.54) is 12.1 Å². The summed E-state index contributed by atoms with van der Waals surface area (Å²) in [5.41, 5.74) is 4.40. The van der Waals surface area contributed by atoms with Gasteiger partial charge in [0.15, 0.2) is 5.11 Å². The van der Waals surface area contributed by atoms with Gasteiger partial charge >= 0.3 is 0 Å². The van der Waals surface area contributed by atoms with Gasteiger partial charge in [0.1, 0.15) is 11.6 Å². The Balaban J connectivity index is 1.81. The fourth-order valence-electron chi connectivity index (χ4n) is 3.88. The number of carbonyl (C=O) groups excluding carboxylic acids is 1. The number of nitrogens with zero attached hydrogens (tertiary/aromatic N) is 1. The van der Waals surface area contributed by atoms with Gasteiger partial charge in [0, 0.05) is 11.4 Å². The van der Waals surface area contributed by atoms with Crippen molar-refractivity contribution >= 4 is 34.6 Å². The molecule has 33 heavy (non-hydrogen) atoms. The lowest BCUT2D eigenvalue weighted by Crippen LogP contribution is -2.48. The lowest BCUT2D eigenvalue weighted by molar-refractivity contribution is -0.113. The maximum absolute atomic E-state index is 13.6. The molecular formula is C26H24FN3O2S. The summed E-state index contributed by atoms with van der Waals surface area (Å²) < 4.78 is 19.0. The summed E-state index contributed by atoms with van der Waals surface area (Å²) in [5, 5.41) is 6.70. The van der Waals surface area contributed by atoms with Crippen molar-refractivity contribution in [3.05, 3.63) is 101 Å². The molecule has 0 saturated heterocycles. The Labute approximate surface area is 197 Å². The van der Waals surface area contributed by atoms with E-state index in [2.05, 4.69) is 10.6 Å². The summed E-state index contributed by atoms with van der Waals surface area (Å²) in [4.78, 5) is 15.5. The van der Waals surface area contributed by atoms with Crippen LogP contribution in [0.4, 0.5) is 15.8 Å². The first-order valence-corrected chi connectivity index (χ1v) is 10.9. The molecule has 0 radical (unpaired) electrons. The maximum Gasteiger partial charge on any atom is 0.255 e. The highest BCUT2D eigenvalue weighted by Crippen LogP contribution is 2.35. The summed E-state index contributed by atoms with van der Waals surface area (Å²) in [5.74, 6) is -0.102. The highest BCUT2D eigenvalue weighted by Gasteiger charge is 2.34. The molecule has 0 aliphatic carbocycles. The molecule has 3 aromatic rings. The molecule has 1 unspecified atom stereocenters. The van der Waals surface area contributed by atoms with Crippen molar-refractivity contribution in [1.82, 2.24) is 5.32 Å². The first kappa shape index (κ1) is 22.5. The molecule has 1 amide bonds. The third kappa shape index (κ3) is 4.59. The third-order valence-corrected chi connectivity index (χ3v) is 5.88. The zero-order valence-corrected chi connectivity index (χ0v) is 19.4. The van der Waals surface area contributed by atoms with Crippen molar-refractivity contribution < 1.29 is 13.9 Å². The topological polar surface area (TPSA) is 53.6 Å². The van der Waals surface area contributed by atoms with Crippen molar-refractivity contribution in [2.45, 2.75) is 19.9 Å². The van der Waals surface area contributed by atoms with Gasteiger partial charge < -0.3 is 15.4 Å². The molecule has 1 aliphatic heterocycles. The number of benzene rings is 3. The second-order valence-electron chi connectivity index (χ2n) is 7.76. The zero-order valence-electron chi connectivity index (χ0n) is 18.6. The van der Waals surface area contributed by atoms with Crippen LogP contribution in [-0.4, -0.2) is 18.1 Å². The minimum absolute atomic E-state index is 0.307. The lowest BCUT2D eigenvalue weighted by Gasteiger charge is -2.38. The second-order valence-corrected chi connectivity index (χ2v) is 8.15. The lowest BCUT2D eigenvalue weighted by atomic mass is 9.94. The number of rotatable bonds is 5. The monoisotopic (exact) mass is 461 g/mol. The molecular weight excluding hydrogens is 437 g/mol. The molecule has 1 aliphatic rings. The number of thiocarbonyl (C=S) groups is 1. The Morgan fingerprint density at radius 2 is 1.70 bits per heavy atom. The Bertz CT molecular complexity index is 1220. The van der Waals surface area contributed by atoms with Gasteiger partial charge in [0.05, 0.1) is 24.4 Å².